The van der Waals surface area contributed by atoms with Gasteiger partial charge in [-0.05, 0) is 28.4 Å². The molecular formula is C10H10BrFN2O. The minimum atomic E-state index is -0.306. The lowest BCUT2D eigenvalue weighted by molar-refractivity contribution is 0.287. The number of aromatic nitrogens is 2. The van der Waals surface area contributed by atoms with Crippen LogP contribution in [-0.2, 0) is 6.42 Å². The number of H-pyrrole nitrogens is 1. The maximum Gasteiger partial charge on any atom is 0.139 e. The monoisotopic (exact) mass is 272 g/mol. The molecule has 2 aromatic rings. The van der Waals surface area contributed by atoms with Crippen molar-refractivity contribution in [2.24, 2.45) is 0 Å². The first-order chi connectivity index (χ1) is 7.20. The van der Waals surface area contributed by atoms with Gasteiger partial charge in [-0.25, -0.2) is 9.37 Å². The zero-order chi connectivity index (χ0) is 10.8. The summed E-state index contributed by atoms with van der Waals surface area (Å²) in [5, 5.41) is 8.68. The van der Waals surface area contributed by atoms with Crippen LogP contribution >= 0.6 is 15.9 Å². The molecule has 2 rings (SSSR count). The van der Waals surface area contributed by atoms with Crippen LogP contribution in [0.4, 0.5) is 4.39 Å². The highest BCUT2D eigenvalue weighted by molar-refractivity contribution is 9.10. The summed E-state index contributed by atoms with van der Waals surface area (Å²) in [6, 6.07) is 3.05. The van der Waals surface area contributed by atoms with Crippen molar-refractivity contribution in [3.63, 3.8) is 0 Å². The van der Waals surface area contributed by atoms with E-state index in [0.29, 0.717) is 22.8 Å². The van der Waals surface area contributed by atoms with Crippen LogP contribution < -0.4 is 0 Å². The van der Waals surface area contributed by atoms with Crippen LogP contribution in [0.25, 0.3) is 11.0 Å². The third-order valence-electron chi connectivity index (χ3n) is 2.14. The molecule has 1 heterocycles. The number of aromatic amines is 1. The number of benzene rings is 1. The lowest BCUT2D eigenvalue weighted by Gasteiger charge is -1.92. The minimum absolute atomic E-state index is 0.134. The van der Waals surface area contributed by atoms with Crippen molar-refractivity contribution in [3.05, 3.63) is 28.2 Å². The van der Waals surface area contributed by atoms with Gasteiger partial charge in [0, 0.05) is 19.1 Å². The topological polar surface area (TPSA) is 48.9 Å². The number of nitrogens with zero attached hydrogens (tertiary/aromatic N) is 1. The molecule has 0 amide bonds. The number of rotatable bonds is 3. The average molecular weight is 273 g/mol. The van der Waals surface area contributed by atoms with Gasteiger partial charge < -0.3 is 10.1 Å². The number of hydrogen-bond donors (Lipinski definition) is 2. The number of aryl methyl sites for hydroxylation is 1. The molecule has 0 aliphatic heterocycles. The molecule has 5 heteroatoms. The zero-order valence-electron chi connectivity index (χ0n) is 7.93. The summed E-state index contributed by atoms with van der Waals surface area (Å²) in [4.78, 5) is 7.30. The van der Waals surface area contributed by atoms with E-state index in [0.717, 1.165) is 11.3 Å². The van der Waals surface area contributed by atoms with Crippen molar-refractivity contribution in [2.75, 3.05) is 6.61 Å². The largest absolute Gasteiger partial charge is 0.396 e. The van der Waals surface area contributed by atoms with Gasteiger partial charge in [0.25, 0.3) is 0 Å². The Hall–Kier alpha value is -0.940. The fourth-order valence-electron chi connectivity index (χ4n) is 1.42. The maximum atomic E-state index is 13.2. The first-order valence-electron chi connectivity index (χ1n) is 4.65. The van der Waals surface area contributed by atoms with Gasteiger partial charge in [0.15, 0.2) is 0 Å². The molecule has 15 heavy (non-hydrogen) atoms. The molecule has 0 fully saturated rings. The van der Waals surface area contributed by atoms with Crippen molar-refractivity contribution >= 4 is 27.0 Å². The lowest BCUT2D eigenvalue weighted by Crippen LogP contribution is -1.90. The summed E-state index contributed by atoms with van der Waals surface area (Å²) in [6.45, 7) is 0.134. The van der Waals surface area contributed by atoms with Crippen LogP contribution in [0.1, 0.15) is 12.2 Å². The van der Waals surface area contributed by atoms with Gasteiger partial charge in [0.05, 0.1) is 15.5 Å². The van der Waals surface area contributed by atoms with Gasteiger partial charge in [-0.1, -0.05) is 0 Å². The number of fused-ring (bicyclic) bond motifs is 1. The number of imidazole rings is 1. The quantitative estimate of drug-likeness (QED) is 0.902. The molecule has 0 bridgehead atoms. The Bertz CT molecular complexity index is 444. The molecule has 1 aromatic heterocycles. The first-order valence-corrected chi connectivity index (χ1v) is 5.44. The lowest BCUT2D eigenvalue weighted by atomic mass is 10.3. The molecular weight excluding hydrogens is 263 g/mol. The molecule has 0 atom stereocenters. The second-order valence-corrected chi connectivity index (χ2v) is 4.15. The van der Waals surface area contributed by atoms with Crippen molar-refractivity contribution in [3.8, 4) is 0 Å². The third kappa shape index (κ3) is 2.18. The van der Waals surface area contributed by atoms with E-state index in [1.807, 2.05) is 0 Å². The predicted octanol–water partition coefficient (Wildman–Crippen LogP) is 2.39. The van der Waals surface area contributed by atoms with Crippen LogP contribution in [0.15, 0.2) is 16.6 Å². The Labute approximate surface area is 94.5 Å². The van der Waals surface area contributed by atoms with Crippen molar-refractivity contribution in [2.45, 2.75) is 12.8 Å². The zero-order valence-corrected chi connectivity index (χ0v) is 9.51. The molecule has 0 aliphatic carbocycles. The Balaban J connectivity index is 2.38. The third-order valence-corrected chi connectivity index (χ3v) is 2.75. The van der Waals surface area contributed by atoms with Crippen LogP contribution in [-0.4, -0.2) is 21.7 Å². The van der Waals surface area contributed by atoms with E-state index in [9.17, 15) is 4.39 Å². The summed E-state index contributed by atoms with van der Waals surface area (Å²) in [5.41, 5.74) is 1.42. The van der Waals surface area contributed by atoms with Gasteiger partial charge in [0.1, 0.15) is 11.6 Å². The van der Waals surface area contributed by atoms with Crippen molar-refractivity contribution in [1.82, 2.24) is 9.97 Å². The summed E-state index contributed by atoms with van der Waals surface area (Å²) < 4.78 is 13.6. The van der Waals surface area contributed by atoms with Gasteiger partial charge in [-0.3, -0.25) is 0 Å². The highest BCUT2D eigenvalue weighted by Crippen LogP contribution is 2.21. The molecule has 0 saturated heterocycles. The number of aliphatic hydroxyl groups is 1. The van der Waals surface area contributed by atoms with Gasteiger partial charge in [-0.15, -0.1) is 0 Å². The number of hydrogen-bond acceptors (Lipinski definition) is 2. The second kappa shape index (κ2) is 4.28. The fourth-order valence-corrected chi connectivity index (χ4v) is 1.75. The fraction of sp³-hybridized carbons (Fsp3) is 0.300. The van der Waals surface area contributed by atoms with Gasteiger partial charge >= 0.3 is 0 Å². The number of halogens is 2. The van der Waals surface area contributed by atoms with Crippen LogP contribution in [0.3, 0.4) is 0 Å². The average Bonchev–Trinajstić information content (AvgIpc) is 2.58. The minimum Gasteiger partial charge on any atom is -0.396 e. The van der Waals surface area contributed by atoms with Crippen LogP contribution in [0.5, 0.6) is 0 Å². The molecule has 80 valence electrons. The Kier molecular flexibility index (Phi) is 3.02. The summed E-state index contributed by atoms with van der Waals surface area (Å²) in [7, 11) is 0. The van der Waals surface area contributed by atoms with E-state index in [-0.39, 0.29) is 12.4 Å². The Morgan fingerprint density at radius 2 is 2.27 bits per heavy atom. The molecule has 0 unspecified atom stereocenters. The van der Waals surface area contributed by atoms with E-state index in [1.54, 1.807) is 6.07 Å². The predicted molar refractivity (Wildman–Crippen MR) is 59.2 cm³/mol. The normalized spacial score (nSPS) is 11.1. The summed E-state index contributed by atoms with van der Waals surface area (Å²) in [6.07, 6.45) is 1.33. The molecule has 2 N–H and O–H groups in total. The highest BCUT2D eigenvalue weighted by atomic mass is 79.9. The molecule has 3 nitrogen and oxygen atoms in total. The molecule has 0 radical (unpaired) electrons. The smallest absolute Gasteiger partial charge is 0.139 e. The van der Waals surface area contributed by atoms with E-state index in [4.69, 9.17) is 5.11 Å². The van der Waals surface area contributed by atoms with Crippen molar-refractivity contribution < 1.29 is 9.50 Å². The molecule has 1 aromatic carbocycles. The Morgan fingerprint density at radius 1 is 1.47 bits per heavy atom. The summed E-state index contributed by atoms with van der Waals surface area (Å²) in [5.74, 6) is 0.469. The van der Waals surface area contributed by atoms with E-state index >= 15 is 0 Å². The number of nitrogens with one attached hydrogen (secondary N) is 1. The molecule has 0 spiro atoms. The standard InChI is InChI=1S/C10H10BrFN2O/c11-6-4-8-9(5-7(6)12)14-10(13-8)2-1-3-15/h4-5,15H,1-3H2,(H,13,14). The Morgan fingerprint density at radius 3 is 3.00 bits per heavy atom. The van der Waals surface area contributed by atoms with E-state index in [2.05, 4.69) is 25.9 Å². The molecule has 0 saturated carbocycles. The van der Waals surface area contributed by atoms with Gasteiger partial charge in [0.2, 0.25) is 0 Å². The second-order valence-electron chi connectivity index (χ2n) is 3.29. The van der Waals surface area contributed by atoms with Crippen LogP contribution in [0, 0.1) is 5.82 Å². The van der Waals surface area contributed by atoms with E-state index < -0.39 is 0 Å². The molecule has 0 aliphatic rings. The summed E-state index contributed by atoms with van der Waals surface area (Å²) >= 11 is 3.11. The number of aliphatic hydroxyl groups excluding tert-OH is 1. The SMILES string of the molecule is OCCCc1nc2cc(Br)c(F)cc2[nH]1. The highest BCUT2D eigenvalue weighted by Gasteiger charge is 2.06. The van der Waals surface area contributed by atoms with E-state index in [1.165, 1.54) is 6.07 Å². The van der Waals surface area contributed by atoms with Gasteiger partial charge in [-0.2, -0.15) is 0 Å². The van der Waals surface area contributed by atoms with Crippen molar-refractivity contribution in [1.29, 1.82) is 0 Å². The first kappa shape index (κ1) is 10.6. The van der Waals surface area contributed by atoms with Crippen LogP contribution in [0.2, 0.25) is 0 Å². The maximum absolute atomic E-state index is 13.2.